The fourth-order valence-corrected chi connectivity index (χ4v) is 2.13. The number of hydrogen-bond donors (Lipinski definition) is 1. The summed E-state index contributed by atoms with van der Waals surface area (Å²) in [6.45, 7) is 5.63. The standard InChI is InChI=1S/C13H14F3NO/c1-9-8-17-7-6-12(9)10-2-4-11(5-3-10)18-13(14,15)16/h2-5,12,17H,1,6-8H2. The number of ether oxygens (including phenoxy) is 1. The Balaban J connectivity index is 2.09. The third-order valence-electron chi connectivity index (χ3n) is 2.97. The molecule has 98 valence electrons. The van der Waals surface area contributed by atoms with Gasteiger partial charge >= 0.3 is 6.36 Å². The number of hydrogen-bond acceptors (Lipinski definition) is 2. The molecule has 1 fully saturated rings. The average Bonchev–Trinajstić information content (AvgIpc) is 2.29. The Kier molecular flexibility index (Phi) is 3.61. The Labute approximate surface area is 103 Å². The SMILES string of the molecule is C=C1CNCCC1c1ccc(OC(F)(F)F)cc1. The summed E-state index contributed by atoms with van der Waals surface area (Å²) in [6.07, 6.45) is -3.72. The molecule has 2 rings (SSSR count). The van der Waals surface area contributed by atoms with Gasteiger partial charge in [0.2, 0.25) is 0 Å². The summed E-state index contributed by atoms with van der Waals surface area (Å²) in [5.41, 5.74) is 2.04. The van der Waals surface area contributed by atoms with Crippen molar-refractivity contribution in [2.45, 2.75) is 18.7 Å². The zero-order chi connectivity index (χ0) is 13.2. The van der Waals surface area contributed by atoms with E-state index in [4.69, 9.17) is 0 Å². The minimum atomic E-state index is -4.64. The van der Waals surface area contributed by atoms with E-state index < -0.39 is 6.36 Å². The molecule has 0 amide bonds. The molecule has 0 aliphatic carbocycles. The molecule has 5 heteroatoms. The molecule has 1 aromatic rings. The minimum absolute atomic E-state index is 0.189. The summed E-state index contributed by atoms with van der Waals surface area (Å²) in [6, 6.07) is 6.03. The van der Waals surface area contributed by atoms with E-state index in [2.05, 4.69) is 16.6 Å². The van der Waals surface area contributed by atoms with Gasteiger partial charge in [0, 0.05) is 12.5 Å². The number of rotatable bonds is 2. The topological polar surface area (TPSA) is 21.3 Å². The van der Waals surface area contributed by atoms with Crippen molar-refractivity contribution in [1.82, 2.24) is 5.32 Å². The van der Waals surface area contributed by atoms with E-state index in [1.165, 1.54) is 12.1 Å². The summed E-state index contributed by atoms with van der Waals surface area (Å²) >= 11 is 0. The molecule has 1 unspecified atom stereocenters. The number of alkyl halides is 3. The Bertz CT molecular complexity index is 425. The van der Waals surface area contributed by atoms with Gasteiger partial charge in [0.05, 0.1) is 0 Å². The van der Waals surface area contributed by atoms with Crippen molar-refractivity contribution in [1.29, 1.82) is 0 Å². The molecule has 1 N–H and O–H groups in total. The van der Waals surface area contributed by atoms with E-state index in [0.29, 0.717) is 0 Å². The number of benzene rings is 1. The molecule has 0 aromatic heterocycles. The highest BCUT2D eigenvalue weighted by molar-refractivity contribution is 5.34. The van der Waals surface area contributed by atoms with Crippen molar-refractivity contribution in [2.24, 2.45) is 0 Å². The Morgan fingerprint density at radius 3 is 2.44 bits per heavy atom. The van der Waals surface area contributed by atoms with Gasteiger partial charge < -0.3 is 10.1 Å². The van der Waals surface area contributed by atoms with Crippen LogP contribution in [0.2, 0.25) is 0 Å². The first-order chi connectivity index (χ1) is 8.46. The van der Waals surface area contributed by atoms with Crippen LogP contribution in [-0.2, 0) is 0 Å². The summed E-state index contributed by atoms with van der Waals surface area (Å²) in [5.74, 6) is 0.0250. The van der Waals surface area contributed by atoms with Gasteiger partial charge in [-0.15, -0.1) is 13.2 Å². The summed E-state index contributed by atoms with van der Waals surface area (Å²) < 4.78 is 39.9. The quantitative estimate of drug-likeness (QED) is 0.821. The van der Waals surface area contributed by atoms with Crippen LogP contribution in [0.25, 0.3) is 0 Å². The van der Waals surface area contributed by atoms with Crippen molar-refractivity contribution in [3.05, 3.63) is 42.0 Å². The molecular weight excluding hydrogens is 243 g/mol. The maximum atomic E-state index is 12.0. The maximum absolute atomic E-state index is 12.0. The molecule has 1 saturated heterocycles. The average molecular weight is 257 g/mol. The van der Waals surface area contributed by atoms with Crippen molar-refractivity contribution in [3.8, 4) is 5.75 Å². The predicted octanol–water partition coefficient (Wildman–Crippen LogP) is 3.22. The normalized spacial score (nSPS) is 20.8. The number of piperidine rings is 1. The molecule has 2 nitrogen and oxygen atoms in total. The first-order valence-electron chi connectivity index (χ1n) is 5.70. The lowest BCUT2D eigenvalue weighted by molar-refractivity contribution is -0.274. The van der Waals surface area contributed by atoms with E-state index in [1.54, 1.807) is 12.1 Å². The van der Waals surface area contributed by atoms with Crippen molar-refractivity contribution in [3.63, 3.8) is 0 Å². The van der Waals surface area contributed by atoms with Crippen LogP contribution in [0.15, 0.2) is 36.4 Å². The molecule has 0 spiro atoms. The highest BCUT2D eigenvalue weighted by Gasteiger charge is 2.31. The first-order valence-corrected chi connectivity index (χ1v) is 5.70. The van der Waals surface area contributed by atoms with Gasteiger partial charge in [0.25, 0.3) is 0 Å². The lowest BCUT2D eigenvalue weighted by Gasteiger charge is -2.25. The summed E-state index contributed by atoms with van der Waals surface area (Å²) in [5, 5.41) is 3.20. The fourth-order valence-electron chi connectivity index (χ4n) is 2.13. The lowest BCUT2D eigenvalue weighted by Crippen LogP contribution is -2.28. The van der Waals surface area contributed by atoms with Crippen LogP contribution in [0.1, 0.15) is 17.9 Å². The van der Waals surface area contributed by atoms with Gasteiger partial charge in [-0.05, 0) is 30.7 Å². The van der Waals surface area contributed by atoms with Gasteiger partial charge in [-0.1, -0.05) is 24.3 Å². The van der Waals surface area contributed by atoms with Crippen molar-refractivity contribution < 1.29 is 17.9 Å². The van der Waals surface area contributed by atoms with Crippen LogP contribution in [-0.4, -0.2) is 19.5 Å². The second-order valence-electron chi connectivity index (χ2n) is 4.29. The molecule has 0 bridgehead atoms. The fraction of sp³-hybridized carbons (Fsp3) is 0.385. The summed E-state index contributed by atoms with van der Waals surface area (Å²) in [7, 11) is 0. The Morgan fingerprint density at radius 2 is 1.89 bits per heavy atom. The van der Waals surface area contributed by atoms with Gasteiger partial charge in [0.15, 0.2) is 0 Å². The minimum Gasteiger partial charge on any atom is -0.406 e. The molecular formula is C13H14F3NO. The highest BCUT2D eigenvalue weighted by atomic mass is 19.4. The molecule has 0 saturated carbocycles. The zero-order valence-electron chi connectivity index (χ0n) is 9.76. The largest absolute Gasteiger partial charge is 0.573 e. The van der Waals surface area contributed by atoms with Crippen LogP contribution in [0.5, 0.6) is 5.75 Å². The van der Waals surface area contributed by atoms with Gasteiger partial charge in [-0.25, -0.2) is 0 Å². The molecule has 1 aromatic carbocycles. The summed E-state index contributed by atoms with van der Waals surface area (Å²) in [4.78, 5) is 0. The van der Waals surface area contributed by atoms with Crippen molar-refractivity contribution in [2.75, 3.05) is 13.1 Å². The van der Waals surface area contributed by atoms with E-state index in [9.17, 15) is 13.2 Å². The molecule has 1 aliphatic heterocycles. The smallest absolute Gasteiger partial charge is 0.406 e. The molecule has 0 radical (unpaired) electrons. The third kappa shape index (κ3) is 3.26. The molecule has 1 heterocycles. The third-order valence-corrected chi connectivity index (χ3v) is 2.97. The van der Waals surface area contributed by atoms with Gasteiger partial charge in [-0.3, -0.25) is 0 Å². The van der Waals surface area contributed by atoms with Crippen LogP contribution >= 0.6 is 0 Å². The van der Waals surface area contributed by atoms with Gasteiger partial charge in [0.1, 0.15) is 5.75 Å². The van der Waals surface area contributed by atoms with Crippen LogP contribution in [0.4, 0.5) is 13.2 Å². The van der Waals surface area contributed by atoms with Crippen LogP contribution in [0.3, 0.4) is 0 Å². The maximum Gasteiger partial charge on any atom is 0.573 e. The van der Waals surface area contributed by atoms with Crippen molar-refractivity contribution >= 4 is 0 Å². The molecule has 1 atom stereocenters. The van der Waals surface area contributed by atoms with E-state index in [1.807, 2.05) is 0 Å². The Morgan fingerprint density at radius 1 is 1.22 bits per heavy atom. The van der Waals surface area contributed by atoms with E-state index in [0.717, 1.165) is 30.6 Å². The van der Waals surface area contributed by atoms with E-state index >= 15 is 0 Å². The van der Waals surface area contributed by atoms with Crippen LogP contribution in [0, 0.1) is 0 Å². The Hall–Kier alpha value is -1.49. The van der Waals surface area contributed by atoms with Gasteiger partial charge in [-0.2, -0.15) is 0 Å². The second kappa shape index (κ2) is 5.02. The molecule has 18 heavy (non-hydrogen) atoms. The zero-order valence-corrected chi connectivity index (χ0v) is 9.76. The first kappa shape index (κ1) is 13.0. The number of halogens is 3. The van der Waals surface area contributed by atoms with Crippen LogP contribution < -0.4 is 10.1 Å². The molecule has 1 aliphatic rings. The predicted molar refractivity (Wildman–Crippen MR) is 62.5 cm³/mol. The number of nitrogens with one attached hydrogen (secondary N) is 1. The van der Waals surface area contributed by atoms with E-state index in [-0.39, 0.29) is 11.7 Å². The second-order valence-corrected chi connectivity index (χ2v) is 4.29. The monoisotopic (exact) mass is 257 g/mol. The highest BCUT2D eigenvalue weighted by Crippen LogP contribution is 2.30. The lowest BCUT2D eigenvalue weighted by atomic mass is 9.87.